The number of aromatic nitrogens is 2. The van der Waals surface area contributed by atoms with Gasteiger partial charge >= 0.3 is 0 Å². The molecule has 3 heterocycles. The highest BCUT2D eigenvalue weighted by Gasteiger charge is 2.28. The summed E-state index contributed by atoms with van der Waals surface area (Å²) in [5.74, 6) is 0.883. The van der Waals surface area contributed by atoms with E-state index >= 15 is 0 Å². The standard InChI is InChI=1S/C19H33N7O2/c1-5-20-19(21-10-15(2)25-8-9-28-14-16(25)3)24-6-7-26(18(27)13-24)17-11-22-23(4)12-17/h11-12,15-16H,5-10,13-14H2,1-4H3,(H,20,21). The summed E-state index contributed by atoms with van der Waals surface area (Å²) in [6.07, 6.45) is 3.61. The lowest BCUT2D eigenvalue weighted by molar-refractivity contribution is -0.120. The van der Waals surface area contributed by atoms with Gasteiger partial charge in [-0.25, -0.2) is 0 Å². The van der Waals surface area contributed by atoms with Crippen LogP contribution in [-0.2, 0) is 16.6 Å². The van der Waals surface area contributed by atoms with Crippen LogP contribution in [0.3, 0.4) is 0 Å². The monoisotopic (exact) mass is 391 g/mol. The van der Waals surface area contributed by atoms with Gasteiger partial charge in [0, 0.05) is 51.5 Å². The molecule has 9 nitrogen and oxygen atoms in total. The van der Waals surface area contributed by atoms with Crippen LogP contribution < -0.4 is 10.2 Å². The molecule has 9 heteroatoms. The molecule has 2 aliphatic rings. The SMILES string of the molecule is CCNC(=NCC(C)N1CCOCC1C)N1CCN(c2cnn(C)c2)C(=O)C1. The molecule has 0 radical (unpaired) electrons. The number of morpholine rings is 1. The van der Waals surface area contributed by atoms with Gasteiger partial charge in [-0.3, -0.25) is 19.4 Å². The number of aryl methyl sites for hydroxylation is 1. The van der Waals surface area contributed by atoms with Gasteiger partial charge in [0.25, 0.3) is 0 Å². The Hall–Kier alpha value is -2.13. The van der Waals surface area contributed by atoms with Gasteiger partial charge in [0.15, 0.2) is 5.96 Å². The average Bonchev–Trinajstić information content (AvgIpc) is 3.11. The second-order valence-electron chi connectivity index (χ2n) is 7.54. The Kier molecular flexibility index (Phi) is 6.90. The zero-order valence-corrected chi connectivity index (χ0v) is 17.5. The number of hydrogen-bond acceptors (Lipinski definition) is 5. The topological polar surface area (TPSA) is 78.2 Å². The van der Waals surface area contributed by atoms with Crippen LogP contribution in [0.2, 0.25) is 0 Å². The second kappa shape index (κ2) is 9.38. The highest BCUT2D eigenvalue weighted by molar-refractivity contribution is 5.98. The molecule has 156 valence electrons. The third-order valence-corrected chi connectivity index (χ3v) is 5.35. The summed E-state index contributed by atoms with van der Waals surface area (Å²) in [6.45, 7) is 12.1. The van der Waals surface area contributed by atoms with E-state index in [1.54, 1.807) is 15.8 Å². The fraction of sp³-hybridized carbons (Fsp3) is 0.737. The molecule has 2 fully saturated rings. The van der Waals surface area contributed by atoms with E-state index in [1.807, 2.05) is 18.1 Å². The molecule has 0 bridgehead atoms. The van der Waals surface area contributed by atoms with Crippen LogP contribution in [0.4, 0.5) is 5.69 Å². The van der Waals surface area contributed by atoms with Gasteiger partial charge < -0.3 is 19.9 Å². The molecule has 0 aromatic carbocycles. The highest BCUT2D eigenvalue weighted by atomic mass is 16.5. The smallest absolute Gasteiger partial charge is 0.246 e. The molecule has 3 rings (SSSR count). The first-order valence-electron chi connectivity index (χ1n) is 10.1. The Balaban J connectivity index is 1.62. The van der Waals surface area contributed by atoms with Gasteiger partial charge in [-0.15, -0.1) is 0 Å². The summed E-state index contributed by atoms with van der Waals surface area (Å²) in [7, 11) is 1.86. The predicted octanol–water partition coefficient (Wildman–Crippen LogP) is 0.143. The molecule has 2 unspecified atom stereocenters. The van der Waals surface area contributed by atoms with E-state index in [-0.39, 0.29) is 5.91 Å². The average molecular weight is 392 g/mol. The van der Waals surface area contributed by atoms with E-state index in [4.69, 9.17) is 9.73 Å². The molecule has 1 N–H and O–H groups in total. The molecule has 1 amide bonds. The number of hydrogen-bond donors (Lipinski definition) is 1. The molecule has 2 aliphatic heterocycles. The molecular weight excluding hydrogens is 358 g/mol. The van der Waals surface area contributed by atoms with Crippen molar-refractivity contribution in [2.75, 3.05) is 57.4 Å². The third-order valence-electron chi connectivity index (χ3n) is 5.35. The summed E-state index contributed by atoms with van der Waals surface area (Å²) in [4.78, 5) is 23.8. The van der Waals surface area contributed by atoms with E-state index in [0.717, 1.165) is 44.5 Å². The number of ether oxygens (including phenoxy) is 1. The van der Waals surface area contributed by atoms with E-state index in [9.17, 15) is 4.79 Å². The maximum atomic E-state index is 12.7. The zero-order valence-electron chi connectivity index (χ0n) is 17.5. The van der Waals surface area contributed by atoms with Crippen LogP contribution in [0, 0.1) is 0 Å². The number of nitrogens with one attached hydrogen (secondary N) is 1. The molecular formula is C19H33N7O2. The lowest BCUT2D eigenvalue weighted by Crippen LogP contribution is -2.55. The second-order valence-corrected chi connectivity index (χ2v) is 7.54. The van der Waals surface area contributed by atoms with Crippen LogP contribution in [0.25, 0.3) is 0 Å². The number of carbonyl (C=O) groups excluding carboxylic acids is 1. The normalized spacial score (nSPS) is 23.2. The van der Waals surface area contributed by atoms with Gasteiger partial charge in [0.05, 0.1) is 31.6 Å². The first-order valence-corrected chi connectivity index (χ1v) is 10.1. The maximum absolute atomic E-state index is 12.7. The molecule has 2 atom stereocenters. The fourth-order valence-corrected chi connectivity index (χ4v) is 3.82. The Morgan fingerprint density at radius 2 is 2.25 bits per heavy atom. The summed E-state index contributed by atoms with van der Waals surface area (Å²) < 4.78 is 7.25. The number of guanidine groups is 1. The number of anilines is 1. The van der Waals surface area contributed by atoms with Gasteiger partial charge in [-0.05, 0) is 20.8 Å². The Labute approximate surface area is 167 Å². The fourth-order valence-electron chi connectivity index (χ4n) is 3.82. The first-order chi connectivity index (χ1) is 13.5. The van der Waals surface area contributed by atoms with E-state index in [0.29, 0.717) is 31.7 Å². The molecule has 2 saturated heterocycles. The summed E-state index contributed by atoms with van der Waals surface area (Å²) in [5.41, 5.74) is 0.851. The van der Waals surface area contributed by atoms with Crippen LogP contribution in [0.5, 0.6) is 0 Å². The number of piperazine rings is 1. The van der Waals surface area contributed by atoms with E-state index in [2.05, 4.69) is 36.1 Å². The lowest BCUT2D eigenvalue weighted by atomic mass is 10.2. The van der Waals surface area contributed by atoms with Crippen LogP contribution in [0.15, 0.2) is 17.4 Å². The molecule has 0 aliphatic carbocycles. The van der Waals surface area contributed by atoms with Crippen molar-refractivity contribution in [1.82, 2.24) is 24.9 Å². The Bertz CT molecular complexity index is 690. The van der Waals surface area contributed by atoms with Crippen molar-refractivity contribution in [1.29, 1.82) is 0 Å². The largest absolute Gasteiger partial charge is 0.379 e. The number of rotatable bonds is 5. The molecule has 0 spiro atoms. The minimum absolute atomic E-state index is 0.0692. The number of carbonyl (C=O) groups is 1. The van der Waals surface area contributed by atoms with Crippen molar-refractivity contribution in [3.05, 3.63) is 12.4 Å². The van der Waals surface area contributed by atoms with Crippen LogP contribution in [-0.4, -0.2) is 96.0 Å². The van der Waals surface area contributed by atoms with E-state index in [1.165, 1.54) is 0 Å². The van der Waals surface area contributed by atoms with Crippen molar-refractivity contribution in [3.8, 4) is 0 Å². The predicted molar refractivity (Wildman–Crippen MR) is 110 cm³/mol. The Morgan fingerprint density at radius 3 is 2.89 bits per heavy atom. The van der Waals surface area contributed by atoms with Crippen molar-refractivity contribution in [2.24, 2.45) is 12.0 Å². The quantitative estimate of drug-likeness (QED) is 0.568. The summed E-state index contributed by atoms with van der Waals surface area (Å²) in [6, 6.07) is 0.742. The van der Waals surface area contributed by atoms with Gasteiger partial charge in [-0.1, -0.05) is 0 Å². The first kappa shape index (κ1) is 20.6. The molecule has 28 heavy (non-hydrogen) atoms. The van der Waals surface area contributed by atoms with Crippen molar-refractivity contribution < 1.29 is 9.53 Å². The molecule has 1 aromatic heterocycles. The summed E-state index contributed by atoms with van der Waals surface area (Å²) >= 11 is 0. The van der Waals surface area contributed by atoms with E-state index < -0.39 is 0 Å². The number of amides is 1. The zero-order chi connectivity index (χ0) is 20.1. The van der Waals surface area contributed by atoms with Gasteiger partial charge in [0.1, 0.15) is 6.54 Å². The summed E-state index contributed by atoms with van der Waals surface area (Å²) in [5, 5.41) is 7.52. The van der Waals surface area contributed by atoms with Crippen molar-refractivity contribution >= 4 is 17.6 Å². The minimum atomic E-state index is 0.0692. The van der Waals surface area contributed by atoms with Crippen LogP contribution in [0.1, 0.15) is 20.8 Å². The highest BCUT2D eigenvalue weighted by Crippen LogP contribution is 2.16. The molecule has 1 aromatic rings. The lowest BCUT2D eigenvalue weighted by Gasteiger charge is -2.38. The number of nitrogens with zero attached hydrogens (tertiary/aromatic N) is 6. The van der Waals surface area contributed by atoms with Crippen molar-refractivity contribution in [2.45, 2.75) is 32.9 Å². The van der Waals surface area contributed by atoms with Crippen LogP contribution >= 0.6 is 0 Å². The maximum Gasteiger partial charge on any atom is 0.246 e. The van der Waals surface area contributed by atoms with Gasteiger partial charge in [0.2, 0.25) is 5.91 Å². The van der Waals surface area contributed by atoms with Gasteiger partial charge in [-0.2, -0.15) is 5.10 Å². The third kappa shape index (κ3) is 4.82. The number of aliphatic imine (C=N–C) groups is 1. The Morgan fingerprint density at radius 1 is 1.43 bits per heavy atom. The molecule has 0 saturated carbocycles. The van der Waals surface area contributed by atoms with Crippen molar-refractivity contribution in [3.63, 3.8) is 0 Å². The minimum Gasteiger partial charge on any atom is -0.379 e.